The third-order valence-corrected chi connectivity index (χ3v) is 3.68. The highest BCUT2D eigenvalue weighted by Crippen LogP contribution is 2.23. The number of cyclic esters (lactones) is 1. The van der Waals surface area contributed by atoms with Gasteiger partial charge in [0.1, 0.15) is 5.76 Å². The predicted octanol–water partition coefficient (Wildman–Crippen LogP) is 4.29. The number of aliphatic imine (C=N–C) groups is 1. The van der Waals surface area contributed by atoms with Crippen molar-refractivity contribution >= 4 is 17.9 Å². The Balaban J connectivity index is 1.61. The second kappa shape index (κ2) is 6.01. The molecule has 24 heavy (non-hydrogen) atoms. The van der Waals surface area contributed by atoms with Crippen LogP contribution in [0.5, 0.6) is 0 Å². The monoisotopic (exact) mass is 315 g/mol. The first-order chi connectivity index (χ1) is 11.8. The summed E-state index contributed by atoms with van der Waals surface area (Å²) in [5.74, 6) is 0.386. The predicted molar refractivity (Wildman–Crippen MR) is 91.2 cm³/mol. The Hall–Kier alpha value is -3.40. The summed E-state index contributed by atoms with van der Waals surface area (Å²) in [7, 11) is 0. The van der Waals surface area contributed by atoms with Gasteiger partial charge in [0.25, 0.3) is 0 Å². The lowest BCUT2D eigenvalue weighted by atomic mass is 10.0. The van der Waals surface area contributed by atoms with E-state index in [2.05, 4.69) is 4.99 Å². The molecule has 116 valence electrons. The Morgan fingerprint density at radius 3 is 2.21 bits per heavy atom. The van der Waals surface area contributed by atoms with E-state index in [0.717, 1.165) is 16.7 Å². The van der Waals surface area contributed by atoms with Crippen molar-refractivity contribution in [3.63, 3.8) is 0 Å². The molecule has 0 radical (unpaired) electrons. The zero-order valence-corrected chi connectivity index (χ0v) is 12.7. The maximum Gasteiger partial charge on any atom is 0.363 e. The van der Waals surface area contributed by atoms with Gasteiger partial charge in [-0.3, -0.25) is 0 Å². The summed E-state index contributed by atoms with van der Waals surface area (Å²) in [5, 5.41) is 0. The Labute approximate surface area is 138 Å². The summed E-state index contributed by atoms with van der Waals surface area (Å²) >= 11 is 0. The molecule has 3 aromatic rings. The van der Waals surface area contributed by atoms with Gasteiger partial charge < -0.3 is 9.15 Å². The number of benzene rings is 2. The quantitative estimate of drug-likeness (QED) is 0.535. The number of hydrogen-bond donors (Lipinski definition) is 0. The molecular weight excluding hydrogens is 302 g/mol. The van der Waals surface area contributed by atoms with Crippen LogP contribution in [-0.4, -0.2) is 11.9 Å². The zero-order valence-electron chi connectivity index (χ0n) is 12.7. The van der Waals surface area contributed by atoms with Crippen molar-refractivity contribution in [3.8, 4) is 11.1 Å². The van der Waals surface area contributed by atoms with E-state index >= 15 is 0 Å². The minimum absolute atomic E-state index is 0.229. The molecule has 0 fully saturated rings. The van der Waals surface area contributed by atoms with E-state index in [0.29, 0.717) is 11.7 Å². The van der Waals surface area contributed by atoms with Gasteiger partial charge in [0.15, 0.2) is 5.70 Å². The summed E-state index contributed by atoms with van der Waals surface area (Å²) in [6, 6.07) is 21.3. The van der Waals surface area contributed by atoms with E-state index in [-0.39, 0.29) is 5.70 Å². The average Bonchev–Trinajstić information content (AvgIpc) is 3.27. The van der Waals surface area contributed by atoms with Crippen LogP contribution in [0.2, 0.25) is 0 Å². The van der Waals surface area contributed by atoms with E-state index in [1.54, 1.807) is 24.5 Å². The van der Waals surface area contributed by atoms with Crippen LogP contribution in [0.25, 0.3) is 17.2 Å². The first-order valence-corrected chi connectivity index (χ1v) is 7.51. The first kappa shape index (κ1) is 14.2. The third kappa shape index (κ3) is 2.77. The van der Waals surface area contributed by atoms with Gasteiger partial charge in [0.2, 0.25) is 5.90 Å². The van der Waals surface area contributed by atoms with Crippen LogP contribution < -0.4 is 0 Å². The maximum absolute atomic E-state index is 11.9. The standard InChI is InChI=1S/C20H13NO3/c22-20-18(13-17-7-4-12-23-17)21-19(24-20)16-10-8-15(9-11-16)14-5-2-1-3-6-14/h1-13H. The number of nitrogens with zero attached hydrogens (tertiary/aromatic N) is 1. The molecule has 0 amide bonds. The normalized spacial score (nSPS) is 15.4. The number of carbonyl (C=O) groups excluding carboxylic acids is 1. The maximum atomic E-state index is 11.9. The van der Waals surface area contributed by atoms with Gasteiger partial charge in [-0.25, -0.2) is 9.79 Å². The van der Waals surface area contributed by atoms with E-state index < -0.39 is 5.97 Å². The molecule has 0 atom stereocenters. The lowest BCUT2D eigenvalue weighted by molar-refractivity contribution is -0.129. The van der Waals surface area contributed by atoms with Crippen LogP contribution in [0.1, 0.15) is 11.3 Å². The number of rotatable bonds is 3. The fraction of sp³-hybridized carbons (Fsp3) is 0. The minimum atomic E-state index is -0.478. The molecular formula is C20H13NO3. The lowest BCUT2D eigenvalue weighted by Gasteiger charge is -2.03. The average molecular weight is 315 g/mol. The van der Waals surface area contributed by atoms with Gasteiger partial charge in [-0.1, -0.05) is 42.5 Å². The van der Waals surface area contributed by atoms with Gasteiger partial charge in [0.05, 0.1) is 6.26 Å². The SMILES string of the molecule is O=C1OC(c2ccc(-c3ccccc3)cc2)=NC1=Cc1ccco1. The highest BCUT2D eigenvalue weighted by atomic mass is 16.6. The van der Waals surface area contributed by atoms with Gasteiger partial charge in [0, 0.05) is 11.6 Å². The van der Waals surface area contributed by atoms with Crippen LogP contribution in [0.15, 0.2) is 88.1 Å². The number of esters is 1. The van der Waals surface area contributed by atoms with Crippen molar-refractivity contribution in [2.24, 2.45) is 4.99 Å². The van der Waals surface area contributed by atoms with Crippen LogP contribution in [0.3, 0.4) is 0 Å². The van der Waals surface area contributed by atoms with Crippen molar-refractivity contribution in [3.05, 3.63) is 90.0 Å². The molecule has 2 heterocycles. The molecule has 0 saturated heterocycles. The number of furan rings is 1. The van der Waals surface area contributed by atoms with E-state index in [1.807, 2.05) is 54.6 Å². The van der Waals surface area contributed by atoms with Crippen molar-refractivity contribution in [1.82, 2.24) is 0 Å². The Morgan fingerprint density at radius 1 is 0.792 bits per heavy atom. The third-order valence-electron chi connectivity index (χ3n) is 3.68. The molecule has 0 bridgehead atoms. The van der Waals surface area contributed by atoms with Gasteiger partial charge in [-0.15, -0.1) is 0 Å². The largest absolute Gasteiger partial charge is 0.465 e. The molecule has 2 aromatic carbocycles. The molecule has 0 saturated carbocycles. The Morgan fingerprint density at radius 2 is 1.50 bits per heavy atom. The summed E-state index contributed by atoms with van der Waals surface area (Å²) in [6.45, 7) is 0. The summed E-state index contributed by atoms with van der Waals surface area (Å²) in [4.78, 5) is 16.2. The summed E-state index contributed by atoms with van der Waals surface area (Å²) in [6.07, 6.45) is 3.10. The summed E-state index contributed by atoms with van der Waals surface area (Å²) < 4.78 is 10.5. The molecule has 1 aliphatic rings. The topological polar surface area (TPSA) is 51.8 Å². The zero-order chi connectivity index (χ0) is 16.4. The highest BCUT2D eigenvalue weighted by molar-refractivity contribution is 6.12. The van der Waals surface area contributed by atoms with E-state index in [9.17, 15) is 4.79 Å². The van der Waals surface area contributed by atoms with Crippen molar-refractivity contribution in [2.45, 2.75) is 0 Å². The van der Waals surface area contributed by atoms with Crippen molar-refractivity contribution < 1.29 is 13.9 Å². The number of carbonyl (C=O) groups is 1. The highest BCUT2D eigenvalue weighted by Gasteiger charge is 2.24. The fourth-order valence-electron chi connectivity index (χ4n) is 2.48. The molecule has 4 heteroatoms. The molecule has 0 N–H and O–H groups in total. The molecule has 4 rings (SSSR count). The summed E-state index contributed by atoms with van der Waals surface area (Å²) in [5.41, 5.74) is 3.21. The van der Waals surface area contributed by atoms with Crippen LogP contribution in [0.4, 0.5) is 0 Å². The van der Waals surface area contributed by atoms with Crippen LogP contribution in [-0.2, 0) is 9.53 Å². The smallest absolute Gasteiger partial charge is 0.363 e. The molecule has 0 aliphatic carbocycles. The molecule has 1 aromatic heterocycles. The molecule has 4 nitrogen and oxygen atoms in total. The number of hydrogen-bond acceptors (Lipinski definition) is 4. The van der Waals surface area contributed by atoms with Crippen molar-refractivity contribution in [1.29, 1.82) is 0 Å². The molecule has 0 unspecified atom stereocenters. The van der Waals surface area contributed by atoms with Crippen LogP contribution in [0, 0.1) is 0 Å². The lowest BCUT2D eigenvalue weighted by Crippen LogP contribution is -2.05. The fourth-order valence-corrected chi connectivity index (χ4v) is 2.48. The van der Waals surface area contributed by atoms with Crippen LogP contribution >= 0.6 is 0 Å². The minimum Gasteiger partial charge on any atom is -0.465 e. The Bertz CT molecular complexity index is 921. The van der Waals surface area contributed by atoms with E-state index in [1.165, 1.54) is 0 Å². The second-order valence-electron chi connectivity index (χ2n) is 5.29. The Kier molecular flexibility index (Phi) is 3.56. The first-order valence-electron chi connectivity index (χ1n) is 7.51. The van der Waals surface area contributed by atoms with Gasteiger partial charge in [-0.2, -0.15) is 0 Å². The van der Waals surface area contributed by atoms with Gasteiger partial charge >= 0.3 is 5.97 Å². The second-order valence-corrected chi connectivity index (χ2v) is 5.29. The molecule has 0 spiro atoms. The van der Waals surface area contributed by atoms with E-state index in [4.69, 9.17) is 9.15 Å². The molecule has 1 aliphatic heterocycles. The van der Waals surface area contributed by atoms with Crippen molar-refractivity contribution in [2.75, 3.05) is 0 Å². The van der Waals surface area contributed by atoms with Gasteiger partial charge in [-0.05, 0) is 35.4 Å². The number of ether oxygens (including phenoxy) is 1.